The van der Waals surface area contributed by atoms with Crippen molar-refractivity contribution in [1.82, 2.24) is 5.32 Å². The van der Waals surface area contributed by atoms with Crippen LogP contribution in [-0.2, 0) is 0 Å². The maximum absolute atomic E-state index is 5.75. The van der Waals surface area contributed by atoms with Crippen LogP contribution in [0, 0.1) is 0 Å². The van der Waals surface area contributed by atoms with Gasteiger partial charge in [0.25, 0.3) is 0 Å². The van der Waals surface area contributed by atoms with Crippen molar-refractivity contribution in [1.29, 1.82) is 0 Å². The Morgan fingerprint density at radius 3 is 2.43 bits per heavy atom. The number of nitrogens with one attached hydrogen (secondary N) is 1. The van der Waals surface area contributed by atoms with Gasteiger partial charge in [-0.05, 0) is 38.1 Å². The first-order chi connectivity index (χ1) is 10.1. The highest BCUT2D eigenvalue weighted by atomic mass is 32.2. The second-order valence-electron chi connectivity index (χ2n) is 5.68. The largest absolute Gasteiger partial charge is 0.491 e. The topological polar surface area (TPSA) is 21.3 Å². The lowest BCUT2D eigenvalue weighted by molar-refractivity contribution is 0.242. The summed E-state index contributed by atoms with van der Waals surface area (Å²) < 4.78 is 5.75. The minimum absolute atomic E-state index is 0.228. The van der Waals surface area contributed by atoms with Crippen molar-refractivity contribution in [3.8, 4) is 5.75 Å². The van der Waals surface area contributed by atoms with E-state index in [1.165, 1.54) is 17.1 Å². The fourth-order valence-electron chi connectivity index (χ4n) is 2.69. The van der Waals surface area contributed by atoms with Gasteiger partial charge in [-0.2, -0.15) is 23.5 Å². The van der Waals surface area contributed by atoms with Gasteiger partial charge >= 0.3 is 0 Å². The molecule has 3 atom stereocenters. The van der Waals surface area contributed by atoms with Crippen LogP contribution in [-0.4, -0.2) is 34.7 Å². The normalized spacial score (nSPS) is 24.0. The Labute approximate surface area is 137 Å². The summed E-state index contributed by atoms with van der Waals surface area (Å²) in [4.78, 5) is 0. The van der Waals surface area contributed by atoms with Crippen molar-refractivity contribution < 1.29 is 4.74 Å². The van der Waals surface area contributed by atoms with Gasteiger partial charge in [0.2, 0.25) is 0 Å². The van der Waals surface area contributed by atoms with E-state index in [0.29, 0.717) is 16.5 Å². The summed E-state index contributed by atoms with van der Waals surface area (Å²) in [5.41, 5.74) is 1.37. The third-order valence-electron chi connectivity index (χ3n) is 3.60. The maximum atomic E-state index is 5.75. The van der Waals surface area contributed by atoms with E-state index in [2.05, 4.69) is 80.8 Å². The highest BCUT2D eigenvalue weighted by Gasteiger charge is 2.30. The molecule has 0 bridgehead atoms. The molecule has 0 aliphatic carbocycles. The molecule has 1 aliphatic heterocycles. The lowest BCUT2D eigenvalue weighted by Gasteiger charge is -2.35. The van der Waals surface area contributed by atoms with Crippen molar-refractivity contribution in [2.75, 3.05) is 18.1 Å². The fourth-order valence-corrected chi connectivity index (χ4v) is 5.63. The van der Waals surface area contributed by atoms with E-state index in [9.17, 15) is 0 Å². The van der Waals surface area contributed by atoms with Crippen LogP contribution in [0.15, 0.2) is 24.3 Å². The van der Waals surface area contributed by atoms with Crippen LogP contribution >= 0.6 is 23.5 Å². The molecular formula is C17H27NOS2. The smallest absolute Gasteiger partial charge is 0.119 e. The monoisotopic (exact) mass is 325 g/mol. The van der Waals surface area contributed by atoms with E-state index in [0.717, 1.165) is 12.3 Å². The Morgan fingerprint density at radius 2 is 1.86 bits per heavy atom. The van der Waals surface area contributed by atoms with Crippen LogP contribution in [0.2, 0.25) is 0 Å². The van der Waals surface area contributed by atoms with Gasteiger partial charge in [-0.3, -0.25) is 0 Å². The van der Waals surface area contributed by atoms with Crippen LogP contribution in [0.4, 0.5) is 0 Å². The molecule has 1 N–H and O–H groups in total. The quantitative estimate of drug-likeness (QED) is 0.838. The minimum Gasteiger partial charge on any atom is -0.491 e. The van der Waals surface area contributed by atoms with E-state index in [1.807, 2.05) is 0 Å². The van der Waals surface area contributed by atoms with Gasteiger partial charge in [-0.1, -0.05) is 26.0 Å². The second kappa shape index (κ2) is 8.35. The Morgan fingerprint density at radius 1 is 1.19 bits per heavy atom. The summed E-state index contributed by atoms with van der Waals surface area (Å²) in [6.07, 6.45) is 0.228. The summed E-state index contributed by atoms with van der Waals surface area (Å²) >= 11 is 4.22. The predicted molar refractivity (Wildman–Crippen MR) is 96.8 cm³/mol. The van der Waals surface area contributed by atoms with Gasteiger partial charge < -0.3 is 10.1 Å². The van der Waals surface area contributed by atoms with Crippen LogP contribution < -0.4 is 10.1 Å². The molecule has 1 heterocycles. The van der Waals surface area contributed by atoms with E-state index >= 15 is 0 Å². The molecule has 2 nitrogen and oxygen atoms in total. The van der Waals surface area contributed by atoms with Crippen molar-refractivity contribution >= 4 is 23.5 Å². The maximum Gasteiger partial charge on any atom is 0.119 e. The number of ether oxygens (including phenoxy) is 1. The van der Waals surface area contributed by atoms with Crippen LogP contribution in [0.1, 0.15) is 39.3 Å². The Kier molecular flexibility index (Phi) is 6.77. The molecule has 1 fully saturated rings. The summed E-state index contributed by atoms with van der Waals surface area (Å²) in [5.74, 6) is 3.50. The molecule has 3 unspecified atom stereocenters. The Hall–Kier alpha value is -0.320. The zero-order valence-corrected chi connectivity index (χ0v) is 15.1. The molecule has 1 saturated heterocycles. The molecule has 1 aromatic rings. The molecule has 0 amide bonds. The molecule has 1 aromatic carbocycles. The van der Waals surface area contributed by atoms with E-state index in [1.54, 1.807) is 0 Å². The molecule has 0 radical (unpaired) electrons. The Bertz CT molecular complexity index is 421. The molecule has 0 saturated carbocycles. The number of rotatable bonds is 6. The zero-order chi connectivity index (χ0) is 15.2. The number of thioether (sulfide) groups is 2. The summed E-state index contributed by atoms with van der Waals surface area (Å²) in [5, 5.41) is 5.02. The second-order valence-corrected chi connectivity index (χ2v) is 8.45. The molecule has 4 heteroatoms. The summed E-state index contributed by atoms with van der Waals surface area (Å²) in [6, 6.07) is 9.07. The van der Waals surface area contributed by atoms with Gasteiger partial charge in [0, 0.05) is 28.0 Å². The van der Waals surface area contributed by atoms with Crippen LogP contribution in [0.5, 0.6) is 5.75 Å². The molecule has 1 aliphatic rings. The molecule has 118 valence electrons. The first-order valence-electron chi connectivity index (χ1n) is 7.85. The van der Waals surface area contributed by atoms with Crippen molar-refractivity contribution in [2.24, 2.45) is 0 Å². The van der Waals surface area contributed by atoms with Crippen LogP contribution in [0.25, 0.3) is 0 Å². The van der Waals surface area contributed by atoms with Crippen LogP contribution in [0.3, 0.4) is 0 Å². The Balaban J connectivity index is 2.13. The highest BCUT2D eigenvalue weighted by Crippen LogP contribution is 2.38. The van der Waals surface area contributed by atoms with Gasteiger partial charge in [-0.25, -0.2) is 0 Å². The number of benzene rings is 1. The number of hydrogen-bond donors (Lipinski definition) is 1. The molecule has 0 aromatic heterocycles. The lowest BCUT2D eigenvalue weighted by atomic mass is 10.0. The minimum atomic E-state index is 0.228. The van der Waals surface area contributed by atoms with Crippen molar-refractivity contribution in [3.05, 3.63) is 29.8 Å². The van der Waals surface area contributed by atoms with Gasteiger partial charge in [0.05, 0.1) is 6.10 Å². The van der Waals surface area contributed by atoms with Gasteiger partial charge in [0.15, 0.2) is 0 Å². The first kappa shape index (κ1) is 17.0. The van der Waals surface area contributed by atoms with E-state index < -0.39 is 0 Å². The van der Waals surface area contributed by atoms with Gasteiger partial charge in [-0.15, -0.1) is 0 Å². The first-order valence-corrected chi connectivity index (χ1v) is 9.94. The molecule has 2 rings (SSSR count). The van der Waals surface area contributed by atoms with Crippen molar-refractivity contribution in [2.45, 2.75) is 50.3 Å². The summed E-state index contributed by atoms with van der Waals surface area (Å²) in [6.45, 7) is 9.68. The molecule has 0 spiro atoms. The lowest BCUT2D eigenvalue weighted by Crippen LogP contribution is -2.37. The third-order valence-corrected chi connectivity index (χ3v) is 6.80. The number of hydrogen-bond acceptors (Lipinski definition) is 4. The van der Waals surface area contributed by atoms with E-state index in [4.69, 9.17) is 4.74 Å². The fraction of sp³-hybridized carbons (Fsp3) is 0.647. The average molecular weight is 326 g/mol. The molecular weight excluding hydrogens is 298 g/mol. The zero-order valence-electron chi connectivity index (χ0n) is 13.5. The van der Waals surface area contributed by atoms with Crippen molar-refractivity contribution in [3.63, 3.8) is 0 Å². The van der Waals surface area contributed by atoms with E-state index in [-0.39, 0.29) is 6.10 Å². The molecule has 21 heavy (non-hydrogen) atoms. The average Bonchev–Trinajstić information content (AvgIpc) is 2.46. The van der Waals surface area contributed by atoms with Gasteiger partial charge in [0.1, 0.15) is 5.75 Å². The summed E-state index contributed by atoms with van der Waals surface area (Å²) in [7, 11) is 0. The third kappa shape index (κ3) is 4.83. The highest BCUT2D eigenvalue weighted by molar-refractivity contribution is 8.07. The predicted octanol–water partition coefficient (Wildman–Crippen LogP) is 4.36. The standard InChI is InChI=1S/C17H27NOS2/c1-5-18-16(17-13(4)20-10-11-21-17)14-6-8-15(9-7-14)19-12(2)3/h6-9,12-13,16-18H,5,10-11H2,1-4H3. The SMILES string of the molecule is CCNC(c1ccc(OC(C)C)cc1)C1SCCSC1C.